The third kappa shape index (κ3) is 1.90. The molecule has 132 valence electrons. The average Bonchev–Trinajstić information content (AvgIpc) is 3.21. The first-order chi connectivity index (χ1) is 11.4. The van der Waals surface area contributed by atoms with Crippen LogP contribution in [-0.2, 0) is 4.79 Å². The molecule has 0 aliphatic heterocycles. The molecule has 0 aromatic heterocycles. The SMILES string of the molecule is C[C@H](O)[C@@H]1[C@H]2C[C@H]2[C@@H]2[C@H]3[C@H](CC[C@@]21C)[C@H]1CCC(=O)C=C1C[C@H]3C. The molecule has 2 nitrogen and oxygen atoms in total. The van der Waals surface area contributed by atoms with Crippen LogP contribution < -0.4 is 0 Å². The number of carbonyl (C=O) groups is 1. The Hall–Kier alpha value is -0.630. The van der Waals surface area contributed by atoms with Crippen molar-refractivity contribution < 1.29 is 9.90 Å². The van der Waals surface area contributed by atoms with Gasteiger partial charge in [0.05, 0.1) is 6.10 Å². The standard InChI is InChI=1S/C22H32O2/c1-11-8-13-9-14(24)4-5-15(13)16-6-7-22(3)20(12(2)23)17-10-18(17)21(22)19(11)16/h9,11-12,15-21,23H,4-8,10H2,1-3H3/t11-,12+,15+,16-,17+,18-,19-,20-,21-,22-/m1/s1. The number of ketones is 1. The van der Waals surface area contributed by atoms with Gasteiger partial charge >= 0.3 is 0 Å². The summed E-state index contributed by atoms with van der Waals surface area (Å²) in [5, 5.41) is 10.5. The van der Waals surface area contributed by atoms with Crippen molar-refractivity contribution in [3.63, 3.8) is 0 Å². The predicted octanol–water partition coefficient (Wildman–Crippen LogP) is 4.23. The summed E-state index contributed by atoms with van der Waals surface area (Å²) in [4.78, 5) is 11.9. The second-order valence-corrected chi connectivity index (χ2v) is 10.2. The molecule has 0 amide bonds. The Morgan fingerprint density at radius 2 is 2.04 bits per heavy atom. The molecule has 1 N–H and O–H groups in total. The van der Waals surface area contributed by atoms with Gasteiger partial charge in [0.1, 0.15) is 0 Å². The van der Waals surface area contributed by atoms with Crippen molar-refractivity contribution in [3.05, 3.63) is 11.6 Å². The highest BCUT2D eigenvalue weighted by Crippen LogP contribution is 2.75. The average molecular weight is 328 g/mol. The van der Waals surface area contributed by atoms with Crippen LogP contribution in [0.2, 0.25) is 0 Å². The van der Waals surface area contributed by atoms with E-state index < -0.39 is 0 Å². The highest BCUT2D eigenvalue weighted by molar-refractivity contribution is 5.91. The van der Waals surface area contributed by atoms with Crippen molar-refractivity contribution in [2.24, 2.45) is 52.8 Å². The van der Waals surface area contributed by atoms with Crippen molar-refractivity contribution in [1.29, 1.82) is 0 Å². The molecule has 5 aliphatic carbocycles. The molecule has 0 radical (unpaired) electrons. The molecule has 4 saturated carbocycles. The maximum atomic E-state index is 11.9. The molecule has 0 aromatic carbocycles. The van der Waals surface area contributed by atoms with Crippen LogP contribution in [0.25, 0.3) is 0 Å². The molecule has 0 spiro atoms. The van der Waals surface area contributed by atoms with Crippen molar-refractivity contribution >= 4 is 5.78 Å². The second-order valence-electron chi connectivity index (χ2n) is 10.2. The number of aliphatic hydroxyl groups excluding tert-OH is 1. The Morgan fingerprint density at radius 1 is 1.25 bits per heavy atom. The zero-order valence-electron chi connectivity index (χ0n) is 15.4. The molecule has 0 heterocycles. The van der Waals surface area contributed by atoms with E-state index in [1.165, 1.54) is 24.8 Å². The quantitative estimate of drug-likeness (QED) is 0.782. The summed E-state index contributed by atoms with van der Waals surface area (Å²) in [5.41, 5.74) is 1.85. The zero-order chi connectivity index (χ0) is 16.8. The first kappa shape index (κ1) is 15.6. The van der Waals surface area contributed by atoms with E-state index in [-0.39, 0.29) is 6.10 Å². The van der Waals surface area contributed by atoms with Crippen LogP contribution in [-0.4, -0.2) is 17.0 Å². The lowest BCUT2D eigenvalue weighted by molar-refractivity contribution is -0.117. The lowest BCUT2D eigenvalue weighted by atomic mass is 9.47. The van der Waals surface area contributed by atoms with E-state index in [0.717, 1.165) is 48.9 Å². The summed E-state index contributed by atoms with van der Waals surface area (Å²) in [6.45, 7) is 7.00. The molecule has 4 fully saturated rings. The van der Waals surface area contributed by atoms with E-state index in [2.05, 4.69) is 13.8 Å². The fraction of sp³-hybridized carbons (Fsp3) is 0.864. The highest BCUT2D eigenvalue weighted by atomic mass is 16.3. The Bertz CT molecular complexity index is 605. The van der Waals surface area contributed by atoms with Crippen molar-refractivity contribution in [1.82, 2.24) is 0 Å². The van der Waals surface area contributed by atoms with Gasteiger partial charge in [-0.1, -0.05) is 19.4 Å². The third-order valence-corrected chi connectivity index (χ3v) is 9.04. The summed E-state index contributed by atoms with van der Waals surface area (Å²) >= 11 is 0. The van der Waals surface area contributed by atoms with Gasteiger partial charge in [0.2, 0.25) is 0 Å². The topological polar surface area (TPSA) is 37.3 Å². The molecule has 0 unspecified atom stereocenters. The number of fused-ring (bicyclic) bond motifs is 7. The molecule has 2 heteroatoms. The Balaban J connectivity index is 1.51. The van der Waals surface area contributed by atoms with Crippen LogP contribution in [0, 0.1) is 52.8 Å². The van der Waals surface area contributed by atoms with E-state index in [4.69, 9.17) is 0 Å². The molecular weight excluding hydrogens is 296 g/mol. The van der Waals surface area contributed by atoms with Gasteiger partial charge in [0.25, 0.3) is 0 Å². The molecule has 5 rings (SSSR count). The molecule has 0 saturated heterocycles. The molecule has 10 atom stereocenters. The van der Waals surface area contributed by atoms with Gasteiger partial charge in [-0.15, -0.1) is 0 Å². The lowest BCUT2D eigenvalue weighted by Gasteiger charge is -2.57. The smallest absolute Gasteiger partial charge is 0.155 e. The van der Waals surface area contributed by atoms with Gasteiger partial charge in [-0.2, -0.15) is 0 Å². The number of carbonyl (C=O) groups excluding carboxylic acids is 1. The maximum absolute atomic E-state index is 11.9. The van der Waals surface area contributed by atoms with Crippen LogP contribution in [0.4, 0.5) is 0 Å². The molecule has 5 aliphatic rings. The number of hydrogen-bond donors (Lipinski definition) is 1. The minimum atomic E-state index is -0.145. The minimum Gasteiger partial charge on any atom is -0.393 e. The largest absolute Gasteiger partial charge is 0.393 e. The summed E-state index contributed by atoms with van der Waals surface area (Å²) in [7, 11) is 0. The van der Waals surface area contributed by atoms with Crippen molar-refractivity contribution in [2.75, 3.05) is 0 Å². The van der Waals surface area contributed by atoms with Crippen molar-refractivity contribution in [2.45, 2.75) is 65.4 Å². The fourth-order valence-electron chi connectivity index (χ4n) is 8.49. The van der Waals surface area contributed by atoms with E-state index in [1.54, 1.807) is 0 Å². The molecular formula is C22H32O2. The van der Waals surface area contributed by atoms with E-state index >= 15 is 0 Å². The Kier molecular flexibility index (Phi) is 3.23. The summed E-state index contributed by atoms with van der Waals surface area (Å²) in [6.07, 6.45) is 8.90. The second kappa shape index (κ2) is 4.96. The van der Waals surface area contributed by atoms with Crippen LogP contribution in [0.1, 0.15) is 59.3 Å². The summed E-state index contributed by atoms with van der Waals surface area (Å²) in [5.74, 6) is 6.46. The predicted molar refractivity (Wildman–Crippen MR) is 94.2 cm³/mol. The van der Waals surface area contributed by atoms with Gasteiger partial charge in [0.15, 0.2) is 5.78 Å². The number of allylic oxidation sites excluding steroid dienone is 1. The zero-order valence-corrected chi connectivity index (χ0v) is 15.4. The van der Waals surface area contributed by atoms with Crippen LogP contribution in [0.15, 0.2) is 11.6 Å². The normalized spacial score (nSPS) is 56.5. The molecule has 0 bridgehead atoms. The lowest BCUT2D eigenvalue weighted by Crippen LogP contribution is -2.52. The first-order valence-corrected chi connectivity index (χ1v) is 10.3. The van der Waals surface area contributed by atoms with Crippen LogP contribution in [0.3, 0.4) is 0 Å². The van der Waals surface area contributed by atoms with Gasteiger partial charge in [-0.25, -0.2) is 0 Å². The Morgan fingerprint density at radius 3 is 2.79 bits per heavy atom. The van der Waals surface area contributed by atoms with E-state index in [0.29, 0.717) is 29.0 Å². The third-order valence-electron chi connectivity index (χ3n) is 9.04. The van der Waals surface area contributed by atoms with Crippen LogP contribution >= 0.6 is 0 Å². The Labute approximate surface area is 146 Å². The van der Waals surface area contributed by atoms with Gasteiger partial charge in [-0.05, 0) is 97.9 Å². The highest BCUT2D eigenvalue weighted by Gasteiger charge is 2.70. The summed E-state index contributed by atoms with van der Waals surface area (Å²) in [6, 6.07) is 0. The maximum Gasteiger partial charge on any atom is 0.155 e. The monoisotopic (exact) mass is 328 g/mol. The first-order valence-electron chi connectivity index (χ1n) is 10.3. The van der Waals surface area contributed by atoms with Gasteiger partial charge in [0, 0.05) is 6.42 Å². The number of aliphatic hydroxyl groups is 1. The minimum absolute atomic E-state index is 0.145. The van der Waals surface area contributed by atoms with Crippen LogP contribution in [0.5, 0.6) is 0 Å². The molecule has 0 aromatic rings. The van der Waals surface area contributed by atoms with E-state index in [9.17, 15) is 9.90 Å². The summed E-state index contributed by atoms with van der Waals surface area (Å²) < 4.78 is 0. The number of rotatable bonds is 1. The van der Waals surface area contributed by atoms with Gasteiger partial charge in [-0.3, -0.25) is 4.79 Å². The molecule has 24 heavy (non-hydrogen) atoms. The van der Waals surface area contributed by atoms with E-state index in [1.807, 2.05) is 13.0 Å². The van der Waals surface area contributed by atoms with Gasteiger partial charge < -0.3 is 5.11 Å². The fourth-order valence-corrected chi connectivity index (χ4v) is 8.49. The number of hydrogen-bond acceptors (Lipinski definition) is 2. The van der Waals surface area contributed by atoms with Crippen molar-refractivity contribution in [3.8, 4) is 0 Å².